The van der Waals surface area contributed by atoms with Crippen molar-refractivity contribution in [3.63, 3.8) is 0 Å². The highest BCUT2D eigenvalue weighted by Crippen LogP contribution is 2.41. The Morgan fingerprint density at radius 3 is 2.56 bits per heavy atom. The van der Waals surface area contributed by atoms with Crippen LogP contribution in [0.1, 0.15) is 47.1 Å². The fourth-order valence-corrected chi connectivity index (χ4v) is 3.83. The molecule has 1 amide bonds. The minimum Gasteiger partial charge on any atom is -0.465 e. The monoisotopic (exact) mass is 371 g/mol. The molecule has 1 aliphatic rings. The average Bonchev–Trinajstić information content (AvgIpc) is 2.98. The first-order chi connectivity index (χ1) is 12.9. The number of carbonyl (C=O) groups is 2. The summed E-state index contributed by atoms with van der Waals surface area (Å²) in [6.07, 6.45) is 0.844. The molecule has 0 aliphatic carbocycles. The summed E-state index contributed by atoms with van der Waals surface area (Å²) in [5, 5.41) is 0. The lowest BCUT2D eigenvalue weighted by Crippen LogP contribution is -2.51. The number of benzene rings is 1. The number of imidazole rings is 1. The van der Waals surface area contributed by atoms with E-state index in [1.54, 1.807) is 11.8 Å². The van der Waals surface area contributed by atoms with E-state index in [9.17, 15) is 9.59 Å². The molecule has 0 fully saturated rings. The van der Waals surface area contributed by atoms with Crippen LogP contribution in [-0.2, 0) is 14.3 Å². The highest BCUT2D eigenvalue weighted by atomic mass is 16.5. The number of hydrogen-bond acceptors (Lipinski definition) is 4. The SMILES string of the molecule is CCOC(=O)[C@@H]1C(=O)N(CCC(C)C)c2nc3ccccc3n2[C@@H]1C(C)C. The van der Waals surface area contributed by atoms with Gasteiger partial charge in [-0.2, -0.15) is 0 Å². The van der Waals surface area contributed by atoms with Crippen molar-refractivity contribution in [2.75, 3.05) is 18.1 Å². The molecule has 0 radical (unpaired) electrons. The van der Waals surface area contributed by atoms with Gasteiger partial charge in [0.25, 0.3) is 0 Å². The number of carbonyl (C=O) groups excluding carboxylic acids is 2. The summed E-state index contributed by atoms with van der Waals surface area (Å²) in [6.45, 7) is 10.9. The van der Waals surface area contributed by atoms with Crippen LogP contribution in [0.5, 0.6) is 0 Å². The Morgan fingerprint density at radius 2 is 1.93 bits per heavy atom. The first kappa shape index (κ1) is 19.4. The molecule has 146 valence electrons. The van der Waals surface area contributed by atoms with Crippen molar-refractivity contribution in [1.29, 1.82) is 0 Å². The third-order valence-corrected chi connectivity index (χ3v) is 5.14. The van der Waals surface area contributed by atoms with E-state index in [1.807, 2.05) is 38.1 Å². The zero-order chi connectivity index (χ0) is 19.7. The fourth-order valence-electron chi connectivity index (χ4n) is 3.83. The van der Waals surface area contributed by atoms with E-state index in [4.69, 9.17) is 9.72 Å². The van der Waals surface area contributed by atoms with Crippen molar-refractivity contribution in [1.82, 2.24) is 9.55 Å². The second-order valence-electron chi connectivity index (χ2n) is 7.91. The third-order valence-electron chi connectivity index (χ3n) is 5.14. The number of nitrogens with zero attached hydrogens (tertiary/aromatic N) is 3. The van der Waals surface area contributed by atoms with Crippen LogP contribution in [0.2, 0.25) is 0 Å². The van der Waals surface area contributed by atoms with Gasteiger partial charge < -0.3 is 9.30 Å². The maximum Gasteiger partial charge on any atom is 0.320 e. The molecular weight excluding hydrogens is 342 g/mol. The van der Waals surface area contributed by atoms with Gasteiger partial charge in [0.2, 0.25) is 11.9 Å². The van der Waals surface area contributed by atoms with E-state index in [2.05, 4.69) is 18.4 Å². The number of fused-ring (bicyclic) bond motifs is 3. The predicted molar refractivity (Wildman–Crippen MR) is 106 cm³/mol. The summed E-state index contributed by atoms with van der Waals surface area (Å²) in [5.41, 5.74) is 1.78. The lowest BCUT2D eigenvalue weighted by atomic mass is 9.87. The highest BCUT2D eigenvalue weighted by molar-refractivity contribution is 6.08. The molecule has 0 saturated heterocycles. The predicted octanol–water partition coefficient (Wildman–Crippen LogP) is 3.81. The van der Waals surface area contributed by atoms with Crippen LogP contribution in [0.15, 0.2) is 24.3 Å². The van der Waals surface area contributed by atoms with Gasteiger partial charge in [0.05, 0.1) is 23.7 Å². The summed E-state index contributed by atoms with van der Waals surface area (Å²) in [4.78, 5) is 32.6. The summed E-state index contributed by atoms with van der Waals surface area (Å²) in [6, 6.07) is 7.54. The number of rotatable bonds is 6. The molecule has 2 atom stereocenters. The molecule has 6 nitrogen and oxygen atoms in total. The summed E-state index contributed by atoms with van der Waals surface area (Å²) < 4.78 is 7.36. The number of anilines is 1. The number of esters is 1. The molecule has 0 saturated carbocycles. The van der Waals surface area contributed by atoms with E-state index in [0.29, 0.717) is 18.4 Å². The highest BCUT2D eigenvalue weighted by Gasteiger charge is 2.48. The Labute approximate surface area is 160 Å². The van der Waals surface area contributed by atoms with Gasteiger partial charge in [-0.15, -0.1) is 0 Å². The Kier molecular flexibility index (Phi) is 5.53. The van der Waals surface area contributed by atoms with Gasteiger partial charge in [0, 0.05) is 6.54 Å². The molecular formula is C21H29N3O3. The summed E-state index contributed by atoms with van der Waals surface area (Å²) >= 11 is 0. The largest absolute Gasteiger partial charge is 0.465 e. The van der Waals surface area contributed by atoms with Crippen molar-refractivity contribution < 1.29 is 14.3 Å². The van der Waals surface area contributed by atoms with Gasteiger partial charge >= 0.3 is 5.97 Å². The van der Waals surface area contributed by atoms with E-state index in [0.717, 1.165) is 17.5 Å². The summed E-state index contributed by atoms with van der Waals surface area (Å²) in [5.74, 6) is -0.329. The Morgan fingerprint density at radius 1 is 1.22 bits per heavy atom. The molecule has 27 heavy (non-hydrogen) atoms. The van der Waals surface area contributed by atoms with Crippen molar-refractivity contribution >= 4 is 28.9 Å². The normalized spacial score (nSPS) is 19.8. The second kappa shape index (κ2) is 7.71. The maximum absolute atomic E-state index is 13.4. The smallest absolute Gasteiger partial charge is 0.320 e. The van der Waals surface area contributed by atoms with Crippen LogP contribution in [0.4, 0.5) is 5.95 Å². The van der Waals surface area contributed by atoms with Gasteiger partial charge in [-0.25, -0.2) is 4.98 Å². The van der Waals surface area contributed by atoms with Gasteiger partial charge in [0.1, 0.15) is 0 Å². The molecule has 0 spiro atoms. The zero-order valence-corrected chi connectivity index (χ0v) is 16.8. The number of hydrogen-bond donors (Lipinski definition) is 0. The fraction of sp³-hybridized carbons (Fsp3) is 0.571. The first-order valence-electron chi connectivity index (χ1n) is 9.81. The van der Waals surface area contributed by atoms with Crippen LogP contribution in [0, 0.1) is 17.8 Å². The lowest BCUT2D eigenvalue weighted by molar-refractivity contribution is -0.154. The topological polar surface area (TPSA) is 64.4 Å². The minimum atomic E-state index is -0.845. The van der Waals surface area contributed by atoms with Crippen LogP contribution >= 0.6 is 0 Å². The Hall–Kier alpha value is -2.37. The molecule has 1 aromatic heterocycles. The van der Waals surface area contributed by atoms with Gasteiger partial charge in [-0.05, 0) is 37.3 Å². The van der Waals surface area contributed by atoms with E-state index in [1.165, 1.54) is 0 Å². The van der Waals surface area contributed by atoms with Crippen LogP contribution < -0.4 is 4.90 Å². The van der Waals surface area contributed by atoms with Crippen LogP contribution in [-0.4, -0.2) is 34.6 Å². The quantitative estimate of drug-likeness (QED) is 0.572. The van der Waals surface area contributed by atoms with E-state index < -0.39 is 11.9 Å². The van der Waals surface area contributed by atoms with Gasteiger partial charge in [0.15, 0.2) is 5.92 Å². The molecule has 2 heterocycles. The standard InChI is InChI=1S/C21H29N3O3/c1-6-27-20(26)17-18(14(4)5)24-16-10-8-7-9-15(16)22-21(24)23(19(17)25)12-11-13(2)3/h7-10,13-14,17-18H,6,11-12H2,1-5H3/t17-,18+/m0/s1. The van der Waals surface area contributed by atoms with Crippen LogP contribution in [0.3, 0.4) is 0 Å². The average molecular weight is 371 g/mol. The van der Waals surface area contributed by atoms with Gasteiger partial charge in [-0.1, -0.05) is 39.8 Å². The molecule has 6 heteroatoms. The molecule has 0 unspecified atom stereocenters. The Bertz CT molecular complexity index is 840. The maximum atomic E-state index is 13.4. The van der Waals surface area contributed by atoms with Crippen molar-refractivity contribution in [3.05, 3.63) is 24.3 Å². The second-order valence-corrected chi connectivity index (χ2v) is 7.91. The zero-order valence-electron chi connectivity index (χ0n) is 16.8. The molecule has 2 aromatic rings. The van der Waals surface area contributed by atoms with Crippen molar-refractivity contribution in [3.8, 4) is 0 Å². The Balaban J connectivity index is 2.19. The van der Waals surface area contributed by atoms with Crippen molar-refractivity contribution in [2.24, 2.45) is 17.8 Å². The third kappa shape index (κ3) is 3.45. The molecule has 0 bridgehead atoms. The number of para-hydroxylation sites is 2. The van der Waals surface area contributed by atoms with E-state index in [-0.39, 0.29) is 24.5 Å². The molecule has 1 aromatic carbocycles. The minimum absolute atomic E-state index is 0.0759. The number of aromatic nitrogens is 2. The first-order valence-corrected chi connectivity index (χ1v) is 9.81. The van der Waals surface area contributed by atoms with Crippen LogP contribution in [0.25, 0.3) is 11.0 Å². The van der Waals surface area contributed by atoms with Gasteiger partial charge in [-0.3, -0.25) is 14.5 Å². The lowest BCUT2D eigenvalue weighted by Gasteiger charge is -2.39. The summed E-state index contributed by atoms with van der Waals surface area (Å²) in [7, 11) is 0. The molecule has 0 N–H and O–H groups in total. The van der Waals surface area contributed by atoms with Crippen molar-refractivity contribution in [2.45, 2.75) is 47.1 Å². The van der Waals surface area contributed by atoms with E-state index >= 15 is 0 Å². The number of amides is 1. The molecule has 1 aliphatic heterocycles. The molecule has 3 rings (SSSR count). The number of ether oxygens (including phenoxy) is 1.